The van der Waals surface area contributed by atoms with Gasteiger partial charge in [-0.05, 0) is 72.7 Å². The Labute approximate surface area is 191 Å². The maximum absolute atomic E-state index is 13.6. The molecule has 2 aromatic carbocycles. The molecular weight excluding hydrogens is 488 g/mol. The van der Waals surface area contributed by atoms with Crippen LogP contribution in [0.15, 0.2) is 45.8 Å². The first-order valence-electron chi connectivity index (χ1n) is 9.67. The zero-order valence-electron chi connectivity index (χ0n) is 17.7. The summed E-state index contributed by atoms with van der Waals surface area (Å²) in [4.78, 5) is 2.23. The maximum atomic E-state index is 13.6. The molecule has 0 N–H and O–H groups in total. The molecular formula is C22H26BrClN2O3S. The van der Waals surface area contributed by atoms with Gasteiger partial charge in [0.25, 0.3) is 10.0 Å². The lowest BCUT2D eigenvalue weighted by Gasteiger charge is -2.13. The van der Waals surface area contributed by atoms with Gasteiger partial charge in [0.2, 0.25) is 0 Å². The minimum absolute atomic E-state index is 0.230. The van der Waals surface area contributed by atoms with E-state index in [1.54, 1.807) is 31.2 Å². The van der Waals surface area contributed by atoms with Gasteiger partial charge in [-0.1, -0.05) is 37.6 Å². The second-order valence-corrected chi connectivity index (χ2v) is 10.9. The van der Waals surface area contributed by atoms with E-state index in [4.69, 9.17) is 16.3 Å². The average molecular weight is 514 g/mol. The highest BCUT2D eigenvalue weighted by Gasteiger charge is 2.27. The van der Waals surface area contributed by atoms with E-state index in [9.17, 15) is 8.42 Å². The van der Waals surface area contributed by atoms with Crippen molar-refractivity contribution in [3.8, 4) is 5.75 Å². The van der Waals surface area contributed by atoms with Crippen molar-refractivity contribution in [2.24, 2.45) is 0 Å². The average Bonchev–Trinajstić information content (AvgIpc) is 2.94. The highest BCUT2D eigenvalue weighted by atomic mass is 79.9. The Morgan fingerprint density at radius 3 is 2.37 bits per heavy atom. The summed E-state index contributed by atoms with van der Waals surface area (Å²) in [6.07, 6.45) is 0. The summed E-state index contributed by atoms with van der Waals surface area (Å²) in [5.74, 6) is 0.848. The van der Waals surface area contributed by atoms with E-state index in [1.807, 2.05) is 31.1 Å². The first-order chi connectivity index (χ1) is 14.0. The molecule has 8 heteroatoms. The van der Waals surface area contributed by atoms with Crippen LogP contribution >= 0.6 is 27.5 Å². The molecule has 0 saturated carbocycles. The number of halogens is 2. The van der Waals surface area contributed by atoms with E-state index >= 15 is 0 Å². The van der Waals surface area contributed by atoms with Crippen LogP contribution in [0.1, 0.15) is 31.0 Å². The lowest BCUT2D eigenvalue weighted by molar-refractivity contribution is 0.262. The summed E-state index contributed by atoms with van der Waals surface area (Å²) in [6, 6.07) is 10.5. The van der Waals surface area contributed by atoms with Crippen LogP contribution in [0, 0.1) is 6.92 Å². The number of benzene rings is 2. The van der Waals surface area contributed by atoms with Gasteiger partial charge in [-0.3, -0.25) is 0 Å². The van der Waals surface area contributed by atoms with Crippen LogP contribution in [0.3, 0.4) is 0 Å². The number of nitrogens with zero attached hydrogens (tertiary/aromatic N) is 2. The van der Waals surface area contributed by atoms with Crippen LogP contribution in [-0.4, -0.2) is 44.5 Å². The van der Waals surface area contributed by atoms with Gasteiger partial charge in [-0.15, -0.1) is 0 Å². The fraction of sp³-hybridized carbons (Fsp3) is 0.364. The second kappa shape index (κ2) is 8.91. The second-order valence-electron chi connectivity index (χ2n) is 7.84. The molecule has 1 aromatic heterocycles. The molecule has 162 valence electrons. The van der Waals surface area contributed by atoms with Gasteiger partial charge in [0.05, 0.1) is 16.1 Å². The molecule has 0 saturated heterocycles. The van der Waals surface area contributed by atoms with Crippen molar-refractivity contribution in [3.05, 3.63) is 57.2 Å². The molecule has 3 aromatic rings. The Morgan fingerprint density at radius 2 is 1.80 bits per heavy atom. The van der Waals surface area contributed by atoms with Crippen molar-refractivity contribution >= 4 is 48.5 Å². The van der Waals surface area contributed by atoms with E-state index in [0.717, 1.165) is 5.56 Å². The summed E-state index contributed by atoms with van der Waals surface area (Å²) in [5.41, 5.74) is 2.12. The summed E-state index contributed by atoms with van der Waals surface area (Å²) < 4.78 is 35.2. The Balaban J connectivity index is 2.20. The zero-order chi connectivity index (χ0) is 22.2. The van der Waals surface area contributed by atoms with Gasteiger partial charge in [0, 0.05) is 21.4 Å². The van der Waals surface area contributed by atoms with Crippen molar-refractivity contribution in [1.29, 1.82) is 0 Å². The lowest BCUT2D eigenvalue weighted by atomic mass is 10.0. The molecule has 1 heterocycles. The van der Waals surface area contributed by atoms with Crippen molar-refractivity contribution in [1.82, 2.24) is 8.87 Å². The Hall–Kier alpha value is -1.54. The fourth-order valence-corrected chi connectivity index (χ4v) is 6.02. The van der Waals surface area contributed by atoms with E-state index < -0.39 is 10.0 Å². The van der Waals surface area contributed by atoms with Gasteiger partial charge in [0.1, 0.15) is 12.4 Å². The van der Waals surface area contributed by atoms with Crippen LogP contribution in [0.5, 0.6) is 5.75 Å². The summed E-state index contributed by atoms with van der Waals surface area (Å²) >= 11 is 9.77. The van der Waals surface area contributed by atoms with Crippen LogP contribution in [-0.2, 0) is 10.0 Å². The molecule has 0 radical (unpaired) electrons. The Morgan fingerprint density at radius 1 is 1.17 bits per heavy atom. The van der Waals surface area contributed by atoms with Crippen LogP contribution in [0.25, 0.3) is 10.9 Å². The van der Waals surface area contributed by atoms with Crippen molar-refractivity contribution in [2.75, 3.05) is 27.2 Å². The van der Waals surface area contributed by atoms with Gasteiger partial charge in [0.15, 0.2) is 0 Å². The van der Waals surface area contributed by atoms with Crippen molar-refractivity contribution < 1.29 is 13.2 Å². The minimum atomic E-state index is -3.84. The first-order valence-corrected chi connectivity index (χ1v) is 12.3. The van der Waals surface area contributed by atoms with Crippen molar-refractivity contribution in [3.63, 3.8) is 0 Å². The summed E-state index contributed by atoms with van der Waals surface area (Å²) in [5, 5.41) is 1.16. The lowest BCUT2D eigenvalue weighted by Crippen LogP contribution is -2.20. The normalized spacial score (nSPS) is 12.3. The number of aromatic nitrogens is 1. The summed E-state index contributed by atoms with van der Waals surface area (Å²) in [7, 11) is 0.0717. The molecule has 0 fully saturated rings. The highest BCUT2D eigenvalue weighted by Crippen LogP contribution is 2.41. The van der Waals surface area contributed by atoms with Crippen LogP contribution in [0.2, 0.25) is 5.02 Å². The van der Waals surface area contributed by atoms with Crippen LogP contribution in [0.4, 0.5) is 0 Å². The third-order valence-electron chi connectivity index (χ3n) is 4.98. The molecule has 3 rings (SSSR count). The van der Waals surface area contributed by atoms with E-state index in [0.29, 0.717) is 50.9 Å². The molecule has 5 nitrogen and oxygen atoms in total. The largest absolute Gasteiger partial charge is 0.490 e. The molecule has 0 spiro atoms. The standard InChI is InChI=1S/C22H26BrClN2O3S/c1-14(2)16-6-8-18(9-7-16)30(27,28)26-15(3)22(29-11-10-25(4)5)19-12-17(24)13-20(23)21(19)26/h6-9,12-14H,10-11H2,1-5H3. The number of rotatable bonds is 7. The van der Waals surface area contributed by atoms with E-state index in [-0.39, 0.29) is 4.90 Å². The van der Waals surface area contributed by atoms with E-state index in [2.05, 4.69) is 29.8 Å². The smallest absolute Gasteiger partial charge is 0.268 e. The fourth-order valence-electron chi connectivity index (χ4n) is 3.34. The minimum Gasteiger partial charge on any atom is -0.490 e. The topological polar surface area (TPSA) is 51.5 Å². The molecule has 0 amide bonds. The van der Waals surface area contributed by atoms with Crippen molar-refractivity contribution in [2.45, 2.75) is 31.6 Å². The predicted octanol–water partition coefficient (Wildman–Crippen LogP) is 5.67. The quantitative estimate of drug-likeness (QED) is 0.409. The highest BCUT2D eigenvalue weighted by molar-refractivity contribution is 9.10. The number of fused-ring (bicyclic) bond motifs is 1. The molecule has 0 unspecified atom stereocenters. The zero-order valence-corrected chi connectivity index (χ0v) is 20.9. The van der Waals surface area contributed by atoms with Gasteiger partial charge in [-0.2, -0.15) is 0 Å². The maximum Gasteiger partial charge on any atom is 0.268 e. The SMILES string of the molecule is Cc1c(OCCN(C)C)c2cc(Cl)cc(Br)c2n1S(=O)(=O)c1ccc(C(C)C)cc1. The van der Waals surface area contributed by atoms with Gasteiger partial charge in [-0.25, -0.2) is 12.4 Å². The Bertz CT molecular complexity index is 1170. The number of ether oxygens (including phenoxy) is 1. The molecule has 0 aliphatic rings. The third-order valence-corrected chi connectivity index (χ3v) is 7.61. The molecule has 30 heavy (non-hydrogen) atoms. The number of hydrogen-bond acceptors (Lipinski definition) is 4. The molecule has 0 bridgehead atoms. The first kappa shape index (κ1) is 23.1. The molecule has 0 atom stereocenters. The number of hydrogen-bond donors (Lipinski definition) is 0. The monoisotopic (exact) mass is 512 g/mol. The predicted molar refractivity (Wildman–Crippen MR) is 127 cm³/mol. The molecule has 0 aliphatic carbocycles. The Kier molecular flexibility index (Phi) is 6.87. The van der Waals surface area contributed by atoms with Crippen LogP contribution < -0.4 is 4.74 Å². The number of likely N-dealkylation sites (N-methyl/N-ethyl adjacent to an activating group) is 1. The van der Waals surface area contributed by atoms with E-state index in [1.165, 1.54) is 3.97 Å². The van der Waals surface area contributed by atoms with Gasteiger partial charge < -0.3 is 9.64 Å². The molecule has 0 aliphatic heterocycles. The third kappa shape index (κ3) is 4.40. The van der Waals surface area contributed by atoms with Gasteiger partial charge >= 0.3 is 0 Å². The summed E-state index contributed by atoms with van der Waals surface area (Å²) in [6.45, 7) is 7.04.